The first kappa shape index (κ1) is 21.0. The SMILES string of the molecule is CCCCCCCCCC1c2c(O)ccc3[nH]cc(c23)CCN1Cc1ccccc1. The van der Waals surface area contributed by atoms with Crippen molar-refractivity contribution in [2.45, 2.75) is 77.3 Å². The average molecular weight is 405 g/mol. The average Bonchev–Trinajstić information content (AvgIpc) is 3.11. The molecule has 3 nitrogen and oxygen atoms in total. The number of nitrogens with zero attached hydrogens (tertiary/aromatic N) is 1. The van der Waals surface area contributed by atoms with Crippen LogP contribution >= 0.6 is 0 Å². The van der Waals surface area contributed by atoms with Gasteiger partial charge in [-0.3, -0.25) is 4.90 Å². The van der Waals surface area contributed by atoms with E-state index in [2.05, 4.69) is 53.3 Å². The van der Waals surface area contributed by atoms with Crippen molar-refractivity contribution in [1.82, 2.24) is 9.88 Å². The molecule has 0 amide bonds. The summed E-state index contributed by atoms with van der Waals surface area (Å²) in [4.78, 5) is 6.02. The lowest BCUT2D eigenvalue weighted by Crippen LogP contribution is -2.29. The topological polar surface area (TPSA) is 39.3 Å². The van der Waals surface area contributed by atoms with Gasteiger partial charge in [-0.1, -0.05) is 82.2 Å². The van der Waals surface area contributed by atoms with E-state index in [1.54, 1.807) is 0 Å². The molecule has 0 saturated carbocycles. The molecule has 1 unspecified atom stereocenters. The zero-order chi connectivity index (χ0) is 20.8. The van der Waals surface area contributed by atoms with Crippen LogP contribution in [0, 0.1) is 0 Å². The highest BCUT2D eigenvalue weighted by Crippen LogP contribution is 2.42. The minimum absolute atomic E-state index is 0.265. The molecule has 0 bridgehead atoms. The number of nitrogens with one attached hydrogen (secondary N) is 1. The minimum Gasteiger partial charge on any atom is -0.508 e. The number of unbranched alkanes of at least 4 members (excludes halogenated alkanes) is 6. The Morgan fingerprint density at radius 3 is 2.53 bits per heavy atom. The highest BCUT2D eigenvalue weighted by atomic mass is 16.3. The first-order valence-electron chi connectivity index (χ1n) is 11.9. The van der Waals surface area contributed by atoms with E-state index >= 15 is 0 Å². The monoisotopic (exact) mass is 404 g/mol. The molecule has 160 valence electrons. The van der Waals surface area contributed by atoms with E-state index in [1.807, 2.05) is 12.1 Å². The van der Waals surface area contributed by atoms with Crippen LogP contribution in [0.5, 0.6) is 5.75 Å². The molecule has 0 fully saturated rings. The Labute approximate surface area is 181 Å². The predicted octanol–water partition coefficient (Wildman–Crippen LogP) is 7.11. The summed E-state index contributed by atoms with van der Waals surface area (Å²) in [5.41, 5.74) is 4.99. The Hall–Kier alpha value is -2.26. The molecule has 2 heterocycles. The number of aromatic nitrogens is 1. The van der Waals surface area contributed by atoms with E-state index in [-0.39, 0.29) is 6.04 Å². The zero-order valence-corrected chi connectivity index (χ0v) is 18.4. The molecule has 0 radical (unpaired) electrons. The number of hydrogen-bond acceptors (Lipinski definition) is 2. The van der Waals surface area contributed by atoms with Crippen LogP contribution in [0.25, 0.3) is 10.9 Å². The van der Waals surface area contributed by atoms with Gasteiger partial charge in [0.2, 0.25) is 0 Å². The zero-order valence-electron chi connectivity index (χ0n) is 18.4. The van der Waals surface area contributed by atoms with Gasteiger partial charge in [0, 0.05) is 41.8 Å². The van der Waals surface area contributed by atoms with Crippen LogP contribution in [0.2, 0.25) is 0 Å². The van der Waals surface area contributed by atoms with Crippen LogP contribution in [0.1, 0.15) is 81.0 Å². The number of H-pyrrole nitrogens is 1. The summed E-state index contributed by atoms with van der Waals surface area (Å²) < 4.78 is 0. The van der Waals surface area contributed by atoms with Crippen molar-refractivity contribution in [3.63, 3.8) is 0 Å². The van der Waals surface area contributed by atoms with Crippen LogP contribution in [0.3, 0.4) is 0 Å². The molecule has 3 heteroatoms. The lowest BCUT2D eigenvalue weighted by molar-refractivity contribution is 0.178. The summed E-state index contributed by atoms with van der Waals surface area (Å²) in [6, 6.07) is 14.9. The fourth-order valence-corrected chi connectivity index (χ4v) is 5.08. The van der Waals surface area contributed by atoms with Crippen molar-refractivity contribution in [3.05, 3.63) is 65.4 Å². The van der Waals surface area contributed by atoms with Gasteiger partial charge in [-0.05, 0) is 36.1 Å². The first-order valence-corrected chi connectivity index (χ1v) is 11.9. The van der Waals surface area contributed by atoms with Gasteiger partial charge in [-0.25, -0.2) is 0 Å². The van der Waals surface area contributed by atoms with Crippen molar-refractivity contribution >= 4 is 10.9 Å². The van der Waals surface area contributed by atoms with E-state index in [0.29, 0.717) is 5.75 Å². The molecule has 0 aliphatic carbocycles. The first-order chi connectivity index (χ1) is 14.8. The predicted molar refractivity (Wildman–Crippen MR) is 126 cm³/mol. The van der Waals surface area contributed by atoms with Gasteiger partial charge in [0.1, 0.15) is 5.75 Å². The lowest BCUT2D eigenvalue weighted by atomic mass is 9.94. The summed E-state index contributed by atoms with van der Waals surface area (Å²) >= 11 is 0. The number of aromatic amines is 1. The van der Waals surface area contributed by atoms with Gasteiger partial charge in [-0.2, -0.15) is 0 Å². The molecule has 0 spiro atoms. The summed E-state index contributed by atoms with van der Waals surface area (Å²) in [6.07, 6.45) is 13.5. The van der Waals surface area contributed by atoms with Crippen molar-refractivity contribution < 1.29 is 5.11 Å². The summed E-state index contributed by atoms with van der Waals surface area (Å²) in [7, 11) is 0. The number of benzene rings is 2. The second kappa shape index (κ2) is 10.2. The van der Waals surface area contributed by atoms with Crippen molar-refractivity contribution in [2.75, 3.05) is 6.54 Å². The normalized spacial score (nSPS) is 16.8. The van der Waals surface area contributed by atoms with Crippen molar-refractivity contribution in [3.8, 4) is 5.75 Å². The molecular formula is C27H36N2O. The smallest absolute Gasteiger partial charge is 0.121 e. The number of phenols is 1. The maximum absolute atomic E-state index is 10.9. The Morgan fingerprint density at radius 1 is 0.967 bits per heavy atom. The standard InChI is InChI=1S/C27H36N2O/c1-2-3-4-5-6-7-11-14-24-27-25(30)16-15-23-26(27)22(19-28-23)17-18-29(24)20-21-12-9-8-10-13-21/h8-10,12-13,15-16,19,24,28,30H,2-7,11,14,17-18,20H2,1H3. The third-order valence-electron chi connectivity index (χ3n) is 6.70. The van der Waals surface area contributed by atoms with Crippen LogP contribution < -0.4 is 0 Å². The number of phenolic OH excluding ortho intramolecular Hbond substituents is 1. The highest BCUT2D eigenvalue weighted by molar-refractivity contribution is 5.89. The molecule has 0 saturated heterocycles. The quantitative estimate of drug-likeness (QED) is 0.353. The van der Waals surface area contributed by atoms with E-state index in [1.165, 1.54) is 61.5 Å². The molecule has 1 atom stereocenters. The van der Waals surface area contributed by atoms with Gasteiger partial charge in [0.15, 0.2) is 0 Å². The Kier molecular flexibility index (Phi) is 7.11. The molecule has 30 heavy (non-hydrogen) atoms. The largest absolute Gasteiger partial charge is 0.508 e. The van der Waals surface area contributed by atoms with Gasteiger partial charge in [0.25, 0.3) is 0 Å². The van der Waals surface area contributed by atoms with Crippen molar-refractivity contribution in [2.24, 2.45) is 0 Å². The highest BCUT2D eigenvalue weighted by Gasteiger charge is 2.29. The van der Waals surface area contributed by atoms with E-state index in [4.69, 9.17) is 0 Å². The maximum atomic E-state index is 10.9. The van der Waals surface area contributed by atoms with Gasteiger partial charge >= 0.3 is 0 Å². The van der Waals surface area contributed by atoms with E-state index in [0.717, 1.165) is 37.0 Å². The lowest BCUT2D eigenvalue weighted by Gasteiger charge is -2.31. The summed E-state index contributed by atoms with van der Waals surface area (Å²) in [6.45, 7) is 4.23. The molecular weight excluding hydrogens is 368 g/mol. The van der Waals surface area contributed by atoms with Crippen molar-refractivity contribution in [1.29, 1.82) is 0 Å². The second-order valence-electron chi connectivity index (χ2n) is 8.87. The molecule has 1 aromatic heterocycles. The molecule has 1 aliphatic heterocycles. The number of hydrogen-bond donors (Lipinski definition) is 2. The summed E-state index contributed by atoms with van der Waals surface area (Å²) in [5, 5.41) is 12.2. The molecule has 1 aliphatic rings. The third-order valence-corrected chi connectivity index (χ3v) is 6.70. The van der Waals surface area contributed by atoms with Gasteiger partial charge in [0.05, 0.1) is 0 Å². The fourth-order valence-electron chi connectivity index (χ4n) is 5.08. The van der Waals surface area contributed by atoms with Crippen LogP contribution in [-0.4, -0.2) is 21.5 Å². The molecule has 4 rings (SSSR count). The van der Waals surface area contributed by atoms with E-state index < -0.39 is 0 Å². The Balaban J connectivity index is 1.55. The third kappa shape index (κ3) is 4.73. The second-order valence-corrected chi connectivity index (χ2v) is 8.87. The maximum Gasteiger partial charge on any atom is 0.121 e. The number of aromatic hydroxyl groups is 1. The Morgan fingerprint density at radius 2 is 1.73 bits per heavy atom. The fraction of sp³-hybridized carbons (Fsp3) is 0.481. The van der Waals surface area contributed by atoms with Crippen LogP contribution in [-0.2, 0) is 13.0 Å². The minimum atomic E-state index is 0.265. The number of rotatable bonds is 10. The molecule has 3 aromatic rings. The van der Waals surface area contributed by atoms with Gasteiger partial charge < -0.3 is 10.1 Å². The molecule has 2 aromatic carbocycles. The van der Waals surface area contributed by atoms with Crippen LogP contribution in [0.15, 0.2) is 48.7 Å². The van der Waals surface area contributed by atoms with Gasteiger partial charge in [-0.15, -0.1) is 0 Å². The summed E-state index contributed by atoms with van der Waals surface area (Å²) in [5.74, 6) is 0.455. The van der Waals surface area contributed by atoms with E-state index in [9.17, 15) is 5.11 Å². The molecule has 2 N–H and O–H groups in total. The Bertz CT molecular complexity index is 931. The van der Waals surface area contributed by atoms with Crippen LogP contribution in [0.4, 0.5) is 0 Å².